The predicted molar refractivity (Wildman–Crippen MR) is 419 cm³/mol. The number of fused-ring (bicyclic) bond motifs is 6. The van der Waals surface area contributed by atoms with Crippen molar-refractivity contribution in [2.75, 3.05) is 0 Å². The van der Waals surface area contributed by atoms with Gasteiger partial charge in [0.15, 0.2) is 0 Å². The Bertz CT molecular complexity index is 4010. The second kappa shape index (κ2) is 17.9. The van der Waals surface area contributed by atoms with Gasteiger partial charge in [0.25, 0.3) is 0 Å². The van der Waals surface area contributed by atoms with Crippen LogP contribution in [0.4, 0.5) is 0 Å². The number of benzene rings is 9. The molecule has 9 aromatic rings. The molecule has 316 valence electrons. The van der Waals surface area contributed by atoms with Gasteiger partial charge < -0.3 is 0 Å². The van der Waals surface area contributed by atoms with E-state index in [1.807, 2.05) is 0 Å². The molecule has 0 aromatic heterocycles. The van der Waals surface area contributed by atoms with Gasteiger partial charge in [-0.15, -0.1) is 43.7 Å². The third-order valence-electron chi connectivity index (χ3n) is 21.1. The first-order chi connectivity index (χ1) is 33.5. The summed E-state index contributed by atoms with van der Waals surface area (Å²) in [6.45, 7) is 0. The van der Waals surface area contributed by atoms with E-state index in [0.29, 0.717) is 0 Å². The minimum Gasteiger partial charge on any atom is -0.101 e. The standard InChI is InChI=1S/C44H56B28/c45-17-9(25(53)19(47)7-8-12(29(57)28(56)11(7)17)34(62)42(70)41(69)24(8)52)1-3-5(22(50)39(67)37(65)20(3)48)2(6-4(1)21(49)38(66)40(68)23(6)51)10-26(54)31(59)15(32(60)27(10)55)13-18(46)14-16(33(61)30(13)58)36(64)44(72)43(71)35(14)63/h45-72H2. The summed E-state index contributed by atoms with van der Waals surface area (Å²) in [6.07, 6.45) is 0. The molecule has 0 saturated heterocycles. The average molecular weight is 888 g/mol. The van der Waals surface area contributed by atoms with Gasteiger partial charge in [0.05, 0.1) is 0 Å². The Labute approximate surface area is 456 Å². The van der Waals surface area contributed by atoms with E-state index in [1.54, 1.807) is 0 Å². The molecule has 0 N–H and O–H groups in total. The fraction of sp³-hybridized carbons (Fsp3) is 0. The highest BCUT2D eigenvalue weighted by atomic mass is 14.3. The van der Waals surface area contributed by atoms with Crippen LogP contribution in [-0.4, -0.2) is 220 Å². The van der Waals surface area contributed by atoms with E-state index in [4.69, 9.17) is 0 Å². The third kappa shape index (κ3) is 6.72. The highest BCUT2D eigenvalue weighted by Gasteiger charge is 2.31. The Kier molecular flexibility index (Phi) is 13.1. The van der Waals surface area contributed by atoms with Crippen molar-refractivity contribution in [3.8, 4) is 33.4 Å². The first-order valence-corrected chi connectivity index (χ1v) is 27.0. The molecular formula is C44H56B28. The molecule has 0 saturated carbocycles. The second-order valence-corrected chi connectivity index (χ2v) is 23.5. The topological polar surface area (TPSA) is 0 Å². The lowest BCUT2D eigenvalue weighted by atomic mass is 9.55. The number of hydrogen-bond donors (Lipinski definition) is 0. The van der Waals surface area contributed by atoms with Gasteiger partial charge >= 0.3 is 0 Å². The Morgan fingerprint density at radius 3 is 0.500 bits per heavy atom. The Balaban J connectivity index is 1.54. The van der Waals surface area contributed by atoms with E-state index in [2.05, 4.69) is 220 Å². The van der Waals surface area contributed by atoms with E-state index in [-0.39, 0.29) is 0 Å². The highest BCUT2D eigenvalue weighted by Crippen LogP contribution is 2.39. The van der Waals surface area contributed by atoms with Crippen LogP contribution >= 0.6 is 0 Å². The van der Waals surface area contributed by atoms with Gasteiger partial charge in [0, 0.05) is 0 Å². The average Bonchev–Trinajstić information content (AvgIpc) is 3.34. The van der Waals surface area contributed by atoms with Crippen LogP contribution in [0.5, 0.6) is 0 Å². The summed E-state index contributed by atoms with van der Waals surface area (Å²) in [5.74, 6) is 0. The molecule has 0 aliphatic heterocycles. The Hall–Kier alpha value is -3.90. The van der Waals surface area contributed by atoms with E-state index in [1.165, 1.54) is 240 Å². The van der Waals surface area contributed by atoms with Crippen LogP contribution in [0.2, 0.25) is 0 Å². The lowest BCUT2D eigenvalue weighted by Gasteiger charge is -2.33. The quantitative estimate of drug-likeness (QED) is 0.0942. The van der Waals surface area contributed by atoms with E-state index in [0.717, 1.165) is 0 Å². The maximum atomic E-state index is 2.47. The van der Waals surface area contributed by atoms with Crippen LogP contribution in [0.15, 0.2) is 0 Å². The molecule has 0 nitrogen and oxygen atoms in total. The van der Waals surface area contributed by atoms with Gasteiger partial charge in [-0.25, -0.2) is 0 Å². The largest absolute Gasteiger partial charge is 0.140 e. The van der Waals surface area contributed by atoms with Gasteiger partial charge in [0.2, 0.25) is 0 Å². The highest BCUT2D eigenvalue weighted by molar-refractivity contribution is 6.78. The van der Waals surface area contributed by atoms with Crippen molar-refractivity contribution in [2.24, 2.45) is 0 Å². The zero-order valence-electron chi connectivity index (χ0n) is 50.0. The van der Waals surface area contributed by atoms with Crippen LogP contribution in [0.3, 0.4) is 0 Å². The summed E-state index contributed by atoms with van der Waals surface area (Å²) in [6, 6.07) is 0. The maximum Gasteiger partial charge on any atom is 0.140 e. The first kappa shape index (κ1) is 52.9. The van der Waals surface area contributed by atoms with E-state index < -0.39 is 0 Å². The normalized spacial score (nSPS) is 11.8. The summed E-state index contributed by atoms with van der Waals surface area (Å²) >= 11 is 0. The van der Waals surface area contributed by atoms with E-state index in [9.17, 15) is 0 Å². The lowest BCUT2D eigenvalue weighted by molar-refractivity contribution is 1.83. The molecule has 72 heavy (non-hydrogen) atoms. The molecule has 28 heteroatoms. The fourth-order valence-electron chi connectivity index (χ4n) is 14.9. The molecule has 0 fully saturated rings. The maximum absolute atomic E-state index is 2.47. The molecule has 0 amide bonds. The van der Waals surface area contributed by atoms with Crippen molar-refractivity contribution in [3.05, 3.63) is 0 Å². The van der Waals surface area contributed by atoms with Crippen LogP contribution in [-0.2, 0) is 0 Å². The summed E-state index contributed by atoms with van der Waals surface area (Å²) in [5.41, 5.74) is 47.9. The number of hydrogen-bond acceptors (Lipinski definition) is 0. The van der Waals surface area contributed by atoms with Crippen LogP contribution < -0.4 is 153 Å². The van der Waals surface area contributed by atoms with Crippen molar-refractivity contribution in [3.63, 3.8) is 0 Å². The van der Waals surface area contributed by atoms with E-state index >= 15 is 0 Å². The van der Waals surface area contributed by atoms with Crippen molar-refractivity contribution in [2.45, 2.75) is 0 Å². The van der Waals surface area contributed by atoms with Crippen molar-refractivity contribution < 1.29 is 0 Å². The summed E-state index contributed by atoms with van der Waals surface area (Å²) in [5, 5.41) is 14.4. The van der Waals surface area contributed by atoms with Gasteiger partial charge in [-0.3, -0.25) is 0 Å². The molecule has 0 bridgehead atoms. The summed E-state index contributed by atoms with van der Waals surface area (Å²) in [7, 11) is 67.0. The number of rotatable bonds is 3. The molecule has 0 heterocycles. The zero-order chi connectivity index (χ0) is 53.4. The van der Waals surface area contributed by atoms with Gasteiger partial charge in [-0.05, 0) is 87.2 Å². The molecule has 0 atom stereocenters. The molecule has 9 rings (SSSR count). The van der Waals surface area contributed by atoms with Crippen LogP contribution in [0.25, 0.3) is 87.2 Å². The monoisotopic (exact) mass is 893 g/mol. The predicted octanol–water partition coefficient (Wildman–Crippen LogP) is -36.3. The van der Waals surface area contributed by atoms with Crippen molar-refractivity contribution in [1.29, 1.82) is 0 Å². The first-order valence-electron chi connectivity index (χ1n) is 27.0. The minimum absolute atomic E-state index is 1.39. The molecule has 0 aliphatic carbocycles. The van der Waals surface area contributed by atoms with Crippen molar-refractivity contribution >= 4 is 427 Å². The molecule has 0 spiro atoms. The molecule has 0 unspecified atom stereocenters. The molecule has 0 radical (unpaired) electrons. The smallest absolute Gasteiger partial charge is 0.101 e. The second-order valence-electron chi connectivity index (χ2n) is 23.5. The lowest BCUT2D eigenvalue weighted by Crippen LogP contribution is -2.53. The SMILES string of the molecule is Bc1c(B)c(-c2c3c(B)c(B)c(B)c(B)c3c(-c3c(B)c(B)c4c(c3B)c(B)c(B)c3c(B)c(B)c(B)c(B)c34)c3c(B)c(B)c(B)c(B)c23)c(B)c(B)c1-c1c(B)c(B)c2c(B)c(B)c(B)c(B)c2c1B. The van der Waals surface area contributed by atoms with Crippen LogP contribution in [0.1, 0.15) is 0 Å². The van der Waals surface area contributed by atoms with Crippen molar-refractivity contribution in [1.82, 2.24) is 0 Å². The minimum atomic E-state index is 1.39. The van der Waals surface area contributed by atoms with Crippen LogP contribution in [0, 0.1) is 0 Å². The molecular weight excluding hydrogens is 831 g/mol. The van der Waals surface area contributed by atoms with Gasteiger partial charge in [-0.2, -0.15) is 0 Å². The fourth-order valence-corrected chi connectivity index (χ4v) is 14.9. The zero-order valence-corrected chi connectivity index (χ0v) is 50.0. The summed E-state index contributed by atoms with van der Waals surface area (Å²) < 4.78 is 0. The van der Waals surface area contributed by atoms with Gasteiger partial charge in [-0.1, -0.05) is 109 Å². The molecule has 9 aromatic carbocycles. The Morgan fingerprint density at radius 1 is 0.0833 bits per heavy atom. The Morgan fingerprint density at radius 2 is 0.208 bits per heavy atom. The molecule has 0 aliphatic rings. The van der Waals surface area contributed by atoms with Gasteiger partial charge in [0.1, 0.15) is 220 Å². The third-order valence-corrected chi connectivity index (χ3v) is 21.1. The summed E-state index contributed by atoms with van der Waals surface area (Å²) in [4.78, 5) is 0.